The molecule has 6 rings (SSSR count). The minimum absolute atomic E-state index is 0. The van der Waals surface area contributed by atoms with E-state index in [-0.39, 0.29) is 35.6 Å². The fourth-order valence-corrected chi connectivity index (χ4v) is 6.11. The minimum atomic E-state index is 0. The molecule has 7 nitrogen and oxygen atoms in total. The molecule has 0 bridgehead atoms. The number of piperidine rings is 5. The Kier molecular flexibility index (Phi) is 21.0. The second-order valence-electron chi connectivity index (χ2n) is 11.1. The van der Waals surface area contributed by atoms with Crippen molar-refractivity contribution in [2.24, 2.45) is 0 Å². The Morgan fingerprint density at radius 2 is 0.975 bits per heavy atom. The predicted octanol–water partition coefficient (Wildman–Crippen LogP) is 8.37. The smallest absolute Gasteiger partial charge is 0.696 e. The van der Waals surface area contributed by atoms with Gasteiger partial charge < -0.3 is 39.2 Å². The van der Waals surface area contributed by atoms with Crippen molar-refractivity contribution in [3.8, 4) is 5.40 Å². The number of pyridine rings is 1. The van der Waals surface area contributed by atoms with Crippen molar-refractivity contribution in [1.82, 2.24) is 4.98 Å². The van der Waals surface area contributed by atoms with Crippen LogP contribution in [0.15, 0.2) is 24.4 Å². The summed E-state index contributed by atoms with van der Waals surface area (Å²) in [7, 11) is 0. The fraction of sp³-hybridized carbons (Fsp3) is 0.806. The van der Waals surface area contributed by atoms with E-state index in [4.69, 9.17) is 5.26 Å². The van der Waals surface area contributed by atoms with Gasteiger partial charge in [0.1, 0.15) is 0 Å². The number of nitriles is 1. The monoisotopic (exact) mass is 690 g/mol. The van der Waals surface area contributed by atoms with Crippen LogP contribution in [0.25, 0.3) is 26.6 Å². The standard InChI is InChI=1S/2C10H18N2.C10H13N2.CHNS.La/c3*1-3-7-11-9(5-1)10-6-2-4-8-12-10;2-1-3;/h2*9-10H,1-8H2;1,3,5,7,10H,2,4,6,8H2;3H;/q2*-2;-1;;+3/p-1. The molecule has 0 amide bonds. The van der Waals surface area contributed by atoms with Gasteiger partial charge in [-0.3, -0.25) is 4.98 Å². The molecule has 1 aromatic rings. The van der Waals surface area contributed by atoms with Gasteiger partial charge in [-0.15, -0.1) is 32.7 Å². The van der Waals surface area contributed by atoms with Crippen molar-refractivity contribution in [2.75, 3.05) is 32.7 Å². The van der Waals surface area contributed by atoms with Crippen LogP contribution < -0.4 is 0 Å². The Morgan fingerprint density at radius 1 is 0.600 bits per heavy atom. The van der Waals surface area contributed by atoms with E-state index in [2.05, 4.69) is 50.3 Å². The van der Waals surface area contributed by atoms with E-state index in [1.807, 2.05) is 18.3 Å². The molecule has 5 saturated heterocycles. The van der Waals surface area contributed by atoms with Gasteiger partial charge >= 0.3 is 35.6 Å². The molecule has 5 atom stereocenters. The first kappa shape index (κ1) is 36.0. The summed E-state index contributed by atoms with van der Waals surface area (Å²) >= 11 is 3.70. The molecule has 0 radical (unpaired) electrons. The zero-order chi connectivity index (χ0) is 27.4. The summed E-state index contributed by atoms with van der Waals surface area (Å²) in [5.41, 5.74) is 1.14. The zero-order valence-electron chi connectivity index (χ0n) is 24.5. The molecule has 0 saturated carbocycles. The molecule has 6 heterocycles. The van der Waals surface area contributed by atoms with Crippen molar-refractivity contribution in [3.63, 3.8) is 0 Å². The zero-order valence-corrected chi connectivity index (χ0v) is 28.9. The van der Waals surface area contributed by atoms with E-state index in [1.54, 1.807) is 0 Å². The van der Waals surface area contributed by atoms with Gasteiger partial charge in [-0.1, -0.05) is 114 Å². The summed E-state index contributed by atoms with van der Waals surface area (Å²) in [4.78, 5) is 4.31. The van der Waals surface area contributed by atoms with E-state index < -0.39 is 0 Å². The third-order valence-electron chi connectivity index (χ3n) is 8.24. The van der Waals surface area contributed by atoms with E-state index in [0.29, 0.717) is 30.2 Å². The second kappa shape index (κ2) is 23.3. The van der Waals surface area contributed by atoms with Crippen molar-refractivity contribution < 1.29 is 35.6 Å². The number of thiocyanates is 1. The van der Waals surface area contributed by atoms with Gasteiger partial charge in [-0.05, 0) is 12.1 Å². The van der Waals surface area contributed by atoms with E-state index >= 15 is 0 Å². The van der Waals surface area contributed by atoms with E-state index in [0.717, 1.165) is 38.4 Å². The minimum Gasteiger partial charge on any atom is -0.696 e. The maximum Gasteiger partial charge on any atom is 3.00 e. The van der Waals surface area contributed by atoms with Crippen LogP contribution in [-0.4, -0.2) is 61.9 Å². The van der Waals surface area contributed by atoms with Crippen molar-refractivity contribution >= 4 is 12.6 Å². The largest absolute Gasteiger partial charge is 3.00 e. The molecule has 5 fully saturated rings. The van der Waals surface area contributed by atoms with Crippen LogP contribution in [0.3, 0.4) is 0 Å². The second-order valence-corrected chi connectivity index (χ2v) is 11.3. The maximum atomic E-state index is 7.13. The van der Waals surface area contributed by atoms with Gasteiger partial charge in [0.15, 0.2) is 0 Å². The number of nitrogens with zero attached hydrogens (tertiary/aromatic N) is 7. The summed E-state index contributed by atoms with van der Waals surface area (Å²) in [5.74, 6) is 0. The molecule has 5 aliphatic heterocycles. The molecule has 5 unspecified atom stereocenters. The Bertz CT molecular complexity index is 687. The summed E-state index contributed by atoms with van der Waals surface area (Å²) < 4.78 is 0. The predicted molar refractivity (Wildman–Crippen MR) is 165 cm³/mol. The van der Waals surface area contributed by atoms with E-state index in [9.17, 15) is 0 Å². The summed E-state index contributed by atoms with van der Waals surface area (Å²) in [6.45, 7) is 5.39. The molecule has 220 valence electrons. The van der Waals surface area contributed by atoms with Crippen molar-refractivity contribution in [1.29, 1.82) is 5.26 Å². The molecular formula is C31H49LaN7S-3. The number of aromatic nitrogens is 1. The molecule has 9 heteroatoms. The number of hydrogen-bond donors (Lipinski definition) is 0. The van der Waals surface area contributed by atoms with Crippen molar-refractivity contribution in [2.45, 2.75) is 127 Å². The van der Waals surface area contributed by atoms with E-state index in [1.165, 1.54) is 102 Å². The average molecular weight is 691 g/mol. The van der Waals surface area contributed by atoms with Gasteiger partial charge in [0.2, 0.25) is 0 Å². The van der Waals surface area contributed by atoms with Gasteiger partial charge in [0, 0.05) is 11.9 Å². The van der Waals surface area contributed by atoms with Gasteiger partial charge in [-0.2, -0.15) is 24.2 Å². The van der Waals surface area contributed by atoms with Crippen LogP contribution in [0.4, 0.5) is 0 Å². The molecule has 0 spiro atoms. The summed E-state index contributed by atoms with van der Waals surface area (Å²) in [5, 5.41) is 31.6. The molecule has 0 aromatic carbocycles. The normalized spacial score (nSPS) is 30.1. The Labute approximate surface area is 278 Å². The Morgan fingerprint density at radius 3 is 1.25 bits per heavy atom. The summed E-state index contributed by atoms with van der Waals surface area (Å²) in [6.07, 6.45) is 21.5. The van der Waals surface area contributed by atoms with Gasteiger partial charge in [-0.25, -0.2) is 5.26 Å². The van der Waals surface area contributed by atoms with Gasteiger partial charge in [0.25, 0.3) is 0 Å². The van der Waals surface area contributed by atoms with Crippen LogP contribution in [0.2, 0.25) is 0 Å². The quantitative estimate of drug-likeness (QED) is 0.235. The third-order valence-corrected chi connectivity index (χ3v) is 8.24. The summed E-state index contributed by atoms with van der Waals surface area (Å²) in [6, 6.07) is 8.81. The third kappa shape index (κ3) is 14.4. The fourth-order valence-electron chi connectivity index (χ4n) is 6.11. The molecule has 1 aromatic heterocycles. The maximum absolute atomic E-state index is 7.13. The Hall–Kier alpha value is -0.145. The first-order chi connectivity index (χ1) is 19.3. The van der Waals surface area contributed by atoms with Gasteiger partial charge in [0.05, 0.1) is 0 Å². The average Bonchev–Trinajstić information content (AvgIpc) is 3.05. The van der Waals surface area contributed by atoms with Crippen LogP contribution in [0.5, 0.6) is 0 Å². The first-order valence-electron chi connectivity index (χ1n) is 15.6. The number of rotatable bonds is 3. The topological polar surface area (TPSA) is 107 Å². The van der Waals surface area contributed by atoms with Crippen LogP contribution in [-0.2, 0) is 12.6 Å². The SMILES string of the molecule is C1CCC(C2CCCC[N-]2)[N-]C1.C1CCC(C2CCCC[N-]2)[N-]C1.N#C[S-].[La+3].c1ccc(C2CCCC[N-]2)nc1. The molecule has 0 N–H and O–H groups in total. The molecule has 5 aliphatic rings. The van der Waals surface area contributed by atoms with Crippen molar-refractivity contribution in [3.05, 3.63) is 56.7 Å². The first-order valence-corrected chi connectivity index (χ1v) is 16.0. The molecule has 40 heavy (non-hydrogen) atoms. The molecular weight excluding hydrogens is 641 g/mol. The Balaban J connectivity index is 0.000000198. The van der Waals surface area contributed by atoms with Crippen LogP contribution in [0, 0.1) is 46.3 Å². The molecule has 0 aliphatic carbocycles. The van der Waals surface area contributed by atoms with Crippen LogP contribution >= 0.6 is 0 Å². The number of hydrogen-bond acceptors (Lipinski definition) is 3. The van der Waals surface area contributed by atoms with Crippen LogP contribution in [0.1, 0.15) is 108 Å².